The van der Waals surface area contributed by atoms with Gasteiger partial charge in [0.2, 0.25) is 5.75 Å². The Bertz CT molecular complexity index is 1110. The number of hydrogen-bond donors (Lipinski definition) is 3. The summed E-state index contributed by atoms with van der Waals surface area (Å²) in [5.41, 5.74) is 7.06. The van der Waals surface area contributed by atoms with E-state index in [-0.39, 0.29) is 18.1 Å². The summed E-state index contributed by atoms with van der Waals surface area (Å²) in [5, 5.41) is 2.83. The van der Waals surface area contributed by atoms with Crippen LogP contribution in [0.3, 0.4) is 0 Å². The van der Waals surface area contributed by atoms with Crippen LogP contribution in [0.1, 0.15) is 38.8 Å². The van der Waals surface area contributed by atoms with Gasteiger partial charge in [-0.25, -0.2) is 12.5 Å². The minimum absolute atomic E-state index is 0.0510. The number of amides is 1. The van der Waals surface area contributed by atoms with E-state index < -0.39 is 6.10 Å². The number of rotatable bonds is 21. The minimum atomic E-state index is -0.503. The summed E-state index contributed by atoms with van der Waals surface area (Å²) in [6.45, 7) is 5.59. The fourth-order valence-corrected chi connectivity index (χ4v) is 4.14. The van der Waals surface area contributed by atoms with E-state index in [0.717, 1.165) is 5.56 Å². The van der Waals surface area contributed by atoms with Crippen molar-refractivity contribution in [3.63, 3.8) is 0 Å². The Morgan fingerprint density at radius 1 is 0.841 bits per heavy atom. The van der Waals surface area contributed by atoms with Crippen molar-refractivity contribution in [1.82, 2.24) is 5.32 Å². The SMILES string of the molecule is COc1ccc2c(c1OC)OC(c1ccc(C(=O)NCCOCCOCCOCCOCCOCCN)cc1)CC2=O.[B]S. The first-order valence-corrected chi connectivity index (χ1v) is 14.8. The lowest BCUT2D eigenvalue weighted by molar-refractivity contribution is -0.0102. The third kappa shape index (κ3) is 12.6. The van der Waals surface area contributed by atoms with Gasteiger partial charge in [0.05, 0.1) is 92.3 Å². The predicted molar refractivity (Wildman–Crippen MR) is 169 cm³/mol. The highest BCUT2D eigenvalue weighted by Crippen LogP contribution is 2.45. The summed E-state index contributed by atoms with van der Waals surface area (Å²) >= 11 is 3.03. The second-order valence-corrected chi connectivity index (χ2v) is 9.14. The van der Waals surface area contributed by atoms with Crippen LogP contribution in [0.2, 0.25) is 0 Å². The lowest BCUT2D eigenvalue weighted by Crippen LogP contribution is -2.27. The molecule has 0 saturated heterocycles. The first-order valence-electron chi connectivity index (χ1n) is 14.3. The van der Waals surface area contributed by atoms with E-state index in [4.69, 9.17) is 43.6 Å². The second kappa shape index (κ2) is 22.6. The van der Waals surface area contributed by atoms with E-state index in [9.17, 15) is 9.59 Å². The maximum Gasteiger partial charge on any atom is 0.251 e. The molecule has 1 aliphatic heterocycles. The lowest BCUT2D eigenvalue weighted by Gasteiger charge is -2.27. The molecule has 2 aromatic carbocycles. The smallest absolute Gasteiger partial charge is 0.251 e. The van der Waals surface area contributed by atoms with Crippen LogP contribution < -0.4 is 25.3 Å². The Labute approximate surface area is 265 Å². The zero-order chi connectivity index (χ0) is 32.0. The number of hydrogen-bond acceptors (Lipinski definition) is 12. The van der Waals surface area contributed by atoms with Crippen molar-refractivity contribution in [2.45, 2.75) is 12.5 Å². The van der Waals surface area contributed by atoms with Crippen molar-refractivity contribution in [2.75, 3.05) is 93.4 Å². The molecule has 0 aromatic heterocycles. The van der Waals surface area contributed by atoms with Crippen molar-refractivity contribution >= 4 is 31.3 Å². The normalized spacial score (nSPS) is 13.7. The van der Waals surface area contributed by atoms with E-state index in [0.29, 0.717) is 108 Å². The minimum Gasteiger partial charge on any atom is -0.493 e. The summed E-state index contributed by atoms with van der Waals surface area (Å²) in [7, 11) is 7.22. The molecule has 2 radical (unpaired) electrons. The fraction of sp³-hybridized carbons (Fsp3) is 0.533. The highest BCUT2D eigenvalue weighted by Gasteiger charge is 2.31. The van der Waals surface area contributed by atoms with Gasteiger partial charge in [-0.3, -0.25) is 9.59 Å². The molecule has 1 atom stereocenters. The molecule has 0 saturated carbocycles. The van der Waals surface area contributed by atoms with Gasteiger partial charge in [0.25, 0.3) is 5.91 Å². The Hall–Kier alpha value is -2.85. The van der Waals surface area contributed by atoms with Crippen LogP contribution in [0, 0.1) is 0 Å². The summed E-state index contributed by atoms with van der Waals surface area (Å²) < 4.78 is 43.9. The van der Waals surface area contributed by atoms with Crippen molar-refractivity contribution < 1.29 is 47.5 Å². The van der Waals surface area contributed by atoms with E-state index in [1.54, 1.807) is 36.4 Å². The average Bonchev–Trinajstić information content (AvgIpc) is 3.06. The molecule has 0 fully saturated rings. The van der Waals surface area contributed by atoms with Crippen molar-refractivity contribution in [3.05, 3.63) is 53.1 Å². The van der Waals surface area contributed by atoms with E-state index in [1.165, 1.54) is 14.2 Å². The van der Waals surface area contributed by atoms with Crippen molar-refractivity contribution in [1.29, 1.82) is 0 Å². The maximum absolute atomic E-state index is 12.8. The molecule has 1 heterocycles. The number of methoxy groups -OCH3 is 2. The largest absolute Gasteiger partial charge is 0.493 e. The molecule has 1 aliphatic rings. The van der Waals surface area contributed by atoms with Gasteiger partial charge in [-0.15, -0.1) is 0 Å². The fourth-order valence-electron chi connectivity index (χ4n) is 4.14. The van der Waals surface area contributed by atoms with Crippen LogP contribution in [0.15, 0.2) is 36.4 Å². The second-order valence-electron chi connectivity index (χ2n) is 9.14. The van der Waals surface area contributed by atoms with Gasteiger partial charge >= 0.3 is 0 Å². The van der Waals surface area contributed by atoms with Gasteiger partial charge in [0, 0.05) is 18.7 Å². The molecule has 0 bridgehead atoms. The number of carbonyl (C=O) groups is 2. The van der Waals surface area contributed by atoms with Crippen LogP contribution >= 0.6 is 12.5 Å². The molecule has 0 spiro atoms. The Balaban J connectivity index is 0.00000330. The molecule has 3 rings (SSSR count). The van der Waals surface area contributed by atoms with Gasteiger partial charge < -0.3 is 48.9 Å². The van der Waals surface area contributed by atoms with Crippen LogP contribution in [0.4, 0.5) is 0 Å². The topological polar surface area (TPSA) is 146 Å². The van der Waals surface area contributed by atoms with Gasteiger partial charge in [0.15, 0.2) is 24.4 Å². The van der Waals surface area contributed by atoms with Gasteiger partial charge in [-0.1, -0.05) is 12.1 Å². The molecule has 1 amide bonds. The quantitative estimate of drug-likeness (QED) is 0.106. The Kier molecular flexibility index (Phi) is 19.2. The number of benzene rings is 2. The molecular formula is C30H43BN2O10S. The number of Topliss-reactive ketones (excluding diaryl/α,β-unsaturated/α-hetero) is 1. The first kappa shape index (κ1) is 37.3. The zero-order valence-electron chi connectivity index (χ0n) is 25.4. The molecule has 14 heteroatoms. The molecule has 3 N–H and O–H groups in total. The van der Waals surface area contributed by atoms with Crippen molar-refractivity contribution in [2.24, 2.45) is 5.73 Å². The van der Waals surface area contributed by atoms with Crippen LogP contribution in [-0.2, 0) is 23.7 Å². The van der Waals surface area contributed by atoms with E-state index in [1.807, 2.05) is 0 Å². The van der Waals surface area contributed by atoms with E-state index in [2.05, 4.69) is 24.9 Å². The highest BCUT2D eigenvalue weighted by molar-refractivity contribution is 8.03. The summed E-state index contributed by atoms with van der Waals surface area (Å²) in [6.07, 6.45) is -0.319. The average molecular weight is 635 g/mol. The summed E-state index contributed by atoms with van der Waals surface area (Å²) in [5.74, 6) is 0.955. The molecular weight excluding hydrogens is 591 g/mol. The Morgan fingerprint density at radius 2 is 1.39 bits per heavy atom. The summed E-state index contributed by atoms with van der Waals surface area (Å²) in [4.78, 5) is 25.3. The predicted octanol–water partition coefficient (Wildman–Crippen LogP) is 2.18. The van der Waals surface area contributed by atoms with Gasteiger partial charge in [0.1, 0.15) is 6.10 Å². The maximum atomic E-state index is 12.8. The van der Waals surface area contributed by atoms with Crippen LogP contribution in [-0.4, -0.2) is 112 Å². The molecule has 12 nitrogen and oxygen atoms in total. The molecule has 0 aliphatic carbocycles. The monoisotopic (exact) mass is 634 g/mol. The summed E-state index contributed by atoms with van der Waals surface area (Å²) in [6, 6.07) is 10.4. The molecule has 2 aromatic rings. The number of nitrogens with two attached hydrogens (primary N) is 1. The van der Waals surface area contributed by atoms with Crippen LogP contribution in [0.5, 0.6) is 17.2 Å². The number of nitrogens with one attached hydrogen (secondary N) is 1. The third-order valence-corrected chi connectivity index (χ3v) is 6.26. The molecule has 44 heavy (non-hydrogen) atoms. The number of ketones is 1. The zero-order valence-corrected chi connectivity index (χ0v) is 26.3. The van der Waals surface area contributed by atoms with Gasteiger partial charge in [-0.05, 0) is 29.8 Å². The first-order chi connectivity index (χ1) is 21.6. The molecule has 1 unspecified atom stereocenters. The number of carbonyl (C=O) groups excluding carboxylic acids is 2. The van der Waals surface area contributed by atoms with Gasteiger partial charge in [-0.2, -0.15) is 0 Å². The lowest BCUT2D eigenvalue weighted by atomic mass is 9.95. The van der Waals surface area contributed by atoms with Crippen molar-refractivity contribution in [3.8, 4) is 17.2 Å². The number of thiol groups is 1. The Morgan fingerprint density at radius 3 is 1.91 bits per heavy atom. The number of fused-ring (bicyclic) bond motifs is 1. The third-order valence-electron chi connectivity index (χ3n) is 6.26. The van der Waals surface area contributed by atoms with Crippen LogP contribution in [0.25, 0.3) is 0 Å². The standard InChI is InChI=1S/C30H42N2O10.BHS/c1-35-26-8-7-24-25(33)21-27(42-28(24)29(26)36-2)22-3-5-23(6-4-22)30(34)32-10-12-38-14-16-40-18-20-41-19-17-39-15-13-37-11-9-31;1-2/h3-8,27H,9-21,31H2,1-2H3,(H,32,34);2H. The molecule has 242 valence electrons. The highest BCUT2D eigenvalue weighted by atomic mass is 32.1. The van der Waals surface area contributed by atoms with E-state index >= 15 is 0 Å². The number of ether oxygens (including phenoxy) is 8.